The fraction of sp³-hybridized carbons (Fsp3) is 0.333. The third kappa shape index (κ3) is 3.58. The molecule has 1 heterocycles. The smallest absolute Gasteiger partial charge is 0.122 e. The van der Waals surface area contributed by atoms with Crippen molar-refractivity contribution in [2.75, 3.05) is 6.61 Å². The number of rotatable bonds is 4. The lowest BCUT2D eigenvalue weighted by Crippen LogP contribution is -2.35. The van der Waals surface area contributed by atoms with Gasteiger partial charge in [0.2, 0.25) is 0 Å². The number of hydrogen-bond donors (Lipinski definition) is 1. The van der Waals surface area contributed by atoms with Gasteiger partial charge < -0.3 is 10.1 Å². The highest BCUT2D eigenvalue weighted by atomic mass is 35.5. The molecule has 2 aromatic carbocycles. The van der Waals surface area contributed by atoms with Gasteiger partial charge in [0.15, 0.2) is 0 Å². The highest BCUT2D eigenvalue weighted by Crippen LogP contribution is 2.26. The van der Waals surface area contributed by atoms with Crippen LogP contribution in [0.5, 0.6) is 5.75 Å². The summed E-state index contributed by atoms with van der Waals surface area (Å²) in [4.78, 5) is 0. The summed E-state index contributed by atoms with van der Waals surface area (Å²) in [5.74, 6) is 1.05. The quantitative estimate of drug-likeness (QED) is 0.919. The number of hydrogen-bond acceptors (Lipinski definition) is 2. The Morgan fingerprint density at radius 1 is 1.10 bits per heavy atom. The van der Waals surface area contributed by atoms with Crippen molar-refractivity contribution in [1.82, 2.24) is 5.32 Å². The van der Waals surface area contributed by atoms with Crippen molar-refractivity contribution >= 4 is 12.4 Å². The van der Waals surface area contributed by atoms with Gasteiger partial charge >= 0.3 is 0 Å². The van der Waals surface area contributed by atoms with Gasteiger partial charge in [0.1, 0.15) is 5.75 Å². The average molecular weight is 304 g/mol. The minimum Gasteiger partial charge on any atom is -0.493 e. The molecule has 0 saturated carbocycles. The normalized spacial score (nSPS) is 13.2. The van der Waals surface area contributed by atoms with Crippen LogP contribution in [0.2, 0.25) is 0 Å². The Hall–Kier alpha value is -1.51. The van der Waals surface area contributed by atoms with Gasteiger partial charge in [-0.3, -0.25) is 0 Å². The van der Waals surface area contributed by atoms with Crippen LogP contribution >= 0.6 is 12.4 Å². The molecular weight excluding hydrogens is 282 g/mol. The van der Waals surface area contributed by atoms with Crippen LogP contribution in [0.3, 0.4) is 0 Å². The molecule has 21 heavy (non-hydrogen) atoms. The molecule has 0 fully saturated rings. The second-order valence-corrected chi connectivity index (χ2v) is 5.89. The van der Waals surface area contributed by atoms with E-state index in [0.717, 1.165) is 25.3 Å². The zero-order valence-electron chi connectivity index (χ0n) is 12.6. The number of halogens is 1. The fourth-order valence-electron chi connectivity index (χ4n) is 2.63. The Bertz CT molecular complexity index is 595. The van der Waals surface area contributed by atoms with E-state index in [1.807, 2.05) is 0 Å². The molecule has 0 radical (unpaired) electrons. The monoisotopic (exact) mass is 303 g/mol. The standard InChI is InChI=1S/C18H21NO.ClH/c1-18(2,16-6-4-3-5-7-16)19-13-14-8-9-17-15(12-14)10-11-20-17;/h3-9,12,19H,10-11,13H2,1-2H3;1H. The van der Waals surface area contributed by atoms with E-state index in [4.69, 9.17) is 4.74 Å². The van der Waals surface area contributed by atoms with E-state index in [1.165, 1.54) is 16.7 Å². The largest absolute Gasteiger partial charge is 0.493 e. The molecule has 0 aromatic heterocycles. The Morgan fingerprint density at radius 2 is 1.86 bits per heavy atom. The molecule has 1 aliphatic rings. The van der Waals surface area contributed by atoms with E-state index < -0.39 is 0 Å². The number of fused-ring (bicyclic) bond motifs is 1. The summed E-state index contributed by atoms with van der Waals surface area (Å²) in [6, 6.07) is 17.1. The van der Waals surface area contributed by atoms with Gasteiger partial charge in [-0.05, 0) is 36.6 Å². The summed E-state index contributed by atoms with van der Waals surface area (Å²) in [7, 11) is 0. The maximum Gasteiger partial charge on any atom is 0.122 e. The van der Waals surface area contributed by atoms with Gasteiger partial charge in [-0.15, -0.1) is 12.4 Å². The SMILES string of the molecule is CC(C)(NCc1ccc2c(c1)CCO2)c1ccccc1.Cl. The Kier molecular flexibility index (Phi) is 4.92. The maximum atomic E-state index is 5.55. The third-order valence-electron chi connectivity index (χ3n) is 3.98. The molecule has 0 spiro atoms. The van der Waals surface area contributed by atoms with Crippen molar-refractivity contribution < 1.29 is 4.74 Å². The topological polar surface area (TPSA) is 21.3 Å². The first-order valence-corrected chi connectivity index (χ1v) is 7.20. The van der Waals surface area contributed by atoms with Crippen LogP contribution in [0, 0.1) is 0 Å². The molecule has 3 heteroatoms. The first-order chi connectivity index (χ1) is 9.65. The predicted molar refractivity (Wildman–Crippen MR) is 89.2 cm³/mol. The van der Waals surface area contributed by atoms with E-state index in [1.54, 1.807) is 0 Å². The van der Waals surface area contributed by atoms with Crippen molar-refractivity contribution in [2.24, 2.45) is 0 Å². The summed E-state index contributed by atoms with van der Waals surface area (Å²) >= 11 is 0. The number of benzene rings is 2. The van der Waals surface area contributed by atoms with Crippen LogP contribution in [0.15, 0.2) is 48.5 Å². The molecule has 3 rings (SSSR count). The molecule has 0 aliphatic carbocycles. The predicted octanol–water partition coefficient (Wildman–Crippen LogP) is 4.07. The lowest BCUT2D eigenvalue weighted by atomic mass is 9.94. The number of nitrogens with one attached hydrogen (secondary N) is 1. The van der Waals surface area contributed by atoms with E-state index in [9.17, 15) is 0 Å². The van der Waals surface area contributed by atoms with Gasteiger partial charge in [0, 0.05) is 18.5 Å². The van der Waals surface area contributed by atoms with Crippen LogP contribution in [-0.2, 0) is 18.5 Å². The highest BCUT2D eigenvalue weighted by molar-refractivity contribution is 5.85. The molecule has 0 bridgehead atoms. The molecule has 1 aliphatic heterocycles. The van der Waals surface area contributed by atoms with Crippen molar-refractivity contribution in [3.63, 3.8) is 0 Å². The Labute approximate surface area is 132 Å². The van der Waals surface area contributed by atoms with Crippen LogP contribution in [0.1, 0.15) is 30.5 Å². The summed E-state index contributed by atoms with van der Waals surface area (Å²) in [5.41, 5.74) is 3.93. The van der Waals surface area contributed by atoms with E-state index in [0.29, 0.717) is 0 Å². The lowest BCUT2D eigenvalue weighted by Gasteiger charge is -2.27. The van der Waals surface area contributed by atoms with Gasteiger partial charge in [-0.2, -0.15) is 0 Å². The van der Waals surface area contributed by atoms with E-state index in [-0.39, 0.29) is 17.9 Å². The molecule has 0 atom stereocenters. The van der Waals surface area contributed by atoms with Gasteiger partial charge in [-0.25, -0.2) is 0 Å². The van der Waals surface area contributed by atoms with Crippen LogP contribution in [0.25, 0.3) is 0 Å². The van der Waals surface area contributed by atoms with E-state index >= 15 is 0 Å². The third-order valence-corrected chi connectivity index (χ3v) is 3.98. The number of ether oxygens (including phenoxy) is 1. The van der Waals surface area contributed by atoms with Gasteiger partial charge in [-0.1, -0.05) is 42.5 Å². The molecule has 2 aromatic rings. The maximum absolute atomic E-state index is 5.55. The summed E-state index contributed by atoms with van der Waals surface area (Å²) in [5, 5.41) is 3.64. The van der Waals surface area contributed by atoms with E-state index in [2.05, 4.69) is 67.7 Å². The Morgan fingerprint density at radius 3 is 2.62 bits per heavy atom. The summed E-state index contributed by atoms with van der Waals surface area (Å²) in [6.07, 6.45) is 1.03. The molecule has 112 valence electrons. The molecule has 1 N–H and O–H groups in total. The van der Waals surface area contributed by atoms with Gasteiger partial charge in [0.25, 0.3) is 0 Å². The second kappa shape index (κ2) is 6.50. The molecule has 0 unspecified atom stereocenters. The zero-order valence-corrected chi connectivity index (χ0v) is 13.4. The molecule has 0 saturated heterocycles. The van der Waals surface area contributed by atoms with Crippen LogP contribution < -0.4 is 10.1 Å². The first-order valence-electron chi connectivity index (χ1n) is 7.20. The van der Waals surface area contributed by atoms with Crippen LogP contribution in [-0.4, -0.2) is 6.61 Å². The highest BCUT2D eigenvalue weighted by Gasteiger charge is 2.19. The molecule has 2 nitrogen and oxygen atoms in total. The van der Waals surface area contributed by atoms with Crippen molar-refractivity contribution in [3.8, 4) is 5.75 Å². The second-order valence-electron chi connectivity index (χ2n) is 5.89. The average Bonchev–Trinajstić information content (AvgIpc) is 2.94. The molecular formula is C18H22ClNO. The first kappa shape index (κ1) is 15.9. The van der Waals surface area contributed by atoms with Gasteiger partial charge in [0.05, 0.1) is 6.61 Å². The van der Waals surface area contributed by atoms with Crippen molar-refractivity contribution in [3.05, 3.63) is 65.2 Å². The summed E-state index contributed by atoms with van der Waals surface area (Å²) in [6.45, 7) is 6.13. The summed E-state index contributed by atoms with van der Waals surface area (Å²) < 4.78 is 5.55. The minimum atomic E-state index is -0.0310. The minimum absolute atomic E-state index is 0. The van der Waals surface area contributed by atoms with Crippen molar-refractivity contribution in [1.29, 1.82) is 0 Å². The van der Waals surface area contributed by atoms with Crippen LogP contribution in [0.4, 0.5) is 0 Å². The van der Waals surface area contributed by atoms with Crippen molar-refractivity contribution in [2.45, 2.75) is 32.4 Å². The molecule has 0 amide bonds. The fourth-order valence-corrected chi connectivity index (χ4v) is 2.63. The zero-order chi connectivity index (χ0) is 14.0. The Balaban J connectivity index is 0.00000161. The lowest BCUT2D eigenvalue weighted by molar-refractivity contribution is 0.356.